The van der Waals surface area contributed by atoms with Crippen LogP contribution in [-0.4, -0.2) is 30.9 Å². The minimum Gasteiger partial charge on any atom is -0.396 e. The first kappa shape index (κ1) is 15.5. The van der Waals surface area contributed by atoms with Crippen LogP contribution < -0.4 is 4.72 Å². The van der Waals surface area contributed by atoms with E-state index in [-0.39, 0.29) is 5.75 Å². The largest absolute Gasteiger partial charge is 0.396 e. The van der Waals surface area contributed by atoms with Gasteiger partial charge in [0, 0.05) is 29.4 Å². The molecule has 0 bridgehead atoms. The average Bonchev–Trinajstić information content (AvgIpc) is 2.86. The van der Waals surface area contributed by atoms with E-state index in [1.807, 2.05) is 25.3 Å². The number of nitrogens with one attached hydrogen (secondary N) is 2. The van der Waals surface area contributed by atoms with Gasteiger partial charge in [-0.2, -0.15) is 0 Å². The Bertz CT molecular complexity index is 603. The van der Waals surface area contributed by atoms with Crippen molar-refractivity contribution in [1.29, 1.82) is 0 Å². The minimum absolute atomic E-state index is 0.0815. The van der Waals surface area contributed by atoms with Crippen LogP contribution in [0.25, 0.3) is 10.9 Å². The van der Waals surface area contributed by atoms with Crippen LogP contribution in [0.2, 0.25) is 0 Å². The molecule has 0 amide bonds. The van der Waals surface area contributed by atoms with Gasteiger partial charge >= 0.3 is 0 Å². The molecule has 0 saturated carbocycles. The molecule has 0 aliphatic carbocycles. The van der Waals surface area contributed by atoms with Crippen molar-refractivity contribution in [2.45, 2.75) is 20.3 Å². The van der Waals surface area contributed by atoms with E-state index < -0.39 is 10.0 Å². The second-order valence-corrected chi connectivity index (χ2v) is 6.02. The molecule has 0 aliphatic heterocycles. The third kappa shape index (κ3) is 4.92. The van der Waals surface area contributed by atoms with Gasteiger partial charge in [-0.1, -0.05) is 6.92 Å². The van der Waals surface area contributed by atoms with Crippen molar-refractivity contribution in [2.75, 3.05) is 17.1 Å². The number of H-pyrrole nitrogens is 1. The number of aliphatic hydroxyl groups excluding tert-OH is 1. The molecule has 1 aromatic heterocycles. The highest BCUT2D eigenvalue weighted by Gasteiger charge is 2.06. The van der Waals surface area contributed by atoms with E-state index in [2.05, 4.69) is 9.71 Å². The van der Waals surface area contributed by atoms with Gasteiger partial charge in [0.25, 0.3) is 0 Å². The maximum Gasteiger partial charge on any atom is 0.232 e. The van der Waals surface area contributed by atoms with Gasteiger partial charge in [0.15, 0.2) is 0 Å². The first-order valence-electron chi connectivity index (χ1n) is 6.21. The summed E-state index contributed by atoms with van der Waals surface area (Å²) < 4.78 is 25.2. The molecule has 6 heteroatoms. The molecule has 3 N–H and O–H groups in total. The van der Waals surface area contributed by atoms with Gasteiger partial charge in [-0.15, -0.1) is 0 Å². The smallest absolute Gasteiger partial charge is 0.232 e. The Morgan fingerprint density at radius 2 is 1.95 bits per heavy atom. The van der Waals surface area contributed by atoms with E-state index in [9.17, 15) is 8.42 Å². The number of hydrogen-bond donors (Lipinski definition) is 3. The van der Waals surface area contributed by atoms with Gasteiger partial charge in [-0.25, -0.2) is 8.42 Å². The normalized spacial score (nSPS) is 10.9. The molecule has 106 valence electrons. The standard InChI is InChI=1S/C10H12N2O2S.C3H8O/c1-2-15(13,14)12-9-3-4-10-8(7-9)5-6-11-10;1-2-3-4/h3-7,11-12H,2H2,1H3;4H,2-3H2,1H3. The number of rotatable bonds is 4. The van der Waals surface area contributed by atoms with Gasteiger partial charge in [-0.3, -0.25) is 4.72 Å². The maximum atomic E-state index is 11.3. The summed E-state index contributed by atoms with van der Waals surface area (Å²) >= 11 is 0. The first-order chi connectivity index (χ1) is 9.02. The van der Waals surface area contributed by atoms with Crippen molar-refractivity contribution in [3.8, 4) is 0 Å². The minimum atomic E-state index is -3.18. The van der Waals surface area contributed by atoms with Crippen LogP contribution >= 0.6 is 0 Å². The van der Waals surface area contributed by atoms with E-state index in [1.165, 1.54) is 0 Å². The summed E-state index contributed by atoms with van der Waals surface area (Å²) in [5.74, 6) is 0.0815. The number of aromatic nitrogens is 1. The van der Waals surface area contributed by atoms with Crippen LogP contribution in [0, 0.1) is 0 Å². The summed E-state index contributed by atoms with van der Waals surface area (Å²) in [7, 11) is -3.18. The molecule has 0 fully saturated rings. The van der Waals surface area contributed by atoms with Crippen LogP contribution in [0.5, 0.6) is 0 Å². The summed E-state index contributed by atoms with van der Waals surface area (Å²) in [5, 5.41) is 8.87. The van der Waals surface area contributed by atoms with E-state index in [1.54, 1.807) is 19.1 Å². The second kappa shape index (κ2) is 7.16. The second-order valence-electron chi connectivity index (χ2n) is 4.01. The molecule has 19 heavy (non-hydrogen) atoms. The van der Waals surface area contributed by atoms with E-state index >= 15 is 0 Å². The number of aliphatic hydroxyl groups is 1. The van der Waals surface area contributed by atoms with Crippen LogP contribution in [0.4, 0.5) is 5.69 Å². The lowest BCUT2D eigenvalue weighted by Gasteiger charge is -2.05. The Balaban J connectivity index is 0.000000399. The Hall–Kier alpha value is -1.53. The van der Waals surface area contributed by atoms with E-state index in [0.29, 0.717) is 12.3 Å². The summed E-state index contributed by atoms with van der Waals surface area (Å²) in [5.41, 5.74) is 1.60. The molecule has 1 heterocycles. The first-order valence-corrected chi connectivity index (χ1v) is 7.86. The zero-order valence-corrected chi connectivity index (χ0v) is 12.0. The zero-order valence-electron chi connectivity index (χ0n) is 11.2. The molecule has 1 aromatic carbocycles. The molecular formula is C13H20N2O3S. The van der Waals surface area contributed by atoms with Crippen LogP contribution in [0.1, 0.15) is 20.3 Å². The van der Waals surface area contributed by atoms with Crippen LogP contribution in [0.15, 0.2) is 30.5 Å². The van der Waals surface area contributed by atoms with Gasteiger partial charge < -0.3 is 10.1 Å². The fourth-order valence-corrected chi connectivity index (χ4v) is 2.00. The highest BCUT2D eigenvalue weighted by molar-refractivity contribution is 7.92. The molecule has 2 rings (SSSR count). The summed E-state index contributed by atoms with van der Waals surface area (Å²) in [4.78, 5) is 3.05. The van der Waals surface area contributed by atoms with Gasteiger partial charge in [-0.05, 0) is 37.6 Å². The van der Waals surface area contributed by atoms with Gasteiger partial charge in [0.05, 0.1) is 5.75 Å². The summed E-state index contributed by atoms with van der Waals surface area (Å²) in [6, 6.07) is 7.30. The molecule has 0 radical (unpaired) electrons. The fraction of sp³-hybridized carbons (Fsp3) is 0.385. The van der Waals surface area contributed by atoms with Crippen molar-refractivity contribution in [1.82, 2.24) is 4.98 Å². The number of sulfonamides is 1. The Labute approximate surface area is 113 Å². The van der Waals surface area contributed by atoms with Crippen molar-refractivity contribution in [3.05, 3.63) is 30.5 Å². The van der Waals surface area contributed by atoms with Crippen molar-refractivity contribution >= 4 is 26.6 Å². The summed E-state index contributed by atoms with van der Waals surface area (Å²) in [6.07, 6.45) is 2.70. The fourth-order valence-electron chi connectivity index (χ4n) is 1.37. The summed E-state index contributed by atoms with van der Waals surface area (Å²) in [6.45, 7) is 3.86. The van der Waals surface area contributed by atoms with Crippen LogP contribution in [-0.2, 0) is 10.0 Å². The van der Waals surface area contributed by atoms with Gasteiger partial charge in [0.2, 0.25) is 10.0 Å². The third-order valence-electron chi connectivity index (χ3n) is 2.43. The lowest BCUT2D eigenvalue weighted by Crippen LogP contribution is -2.14. The molecule has 0 saturated heterocycles. The molecule has 5 nitrogen and oxygen atoms in total. The number of fused-ring (bicyclic) bond motifs is 1. The molecule has 2 aromatic rings. The Kier molecular flexibility index (Phi) is 5.85. The lowest BCUT2D eigenvalue weighted by atomic mass is 10.2. The van der Waals surface area contributed by atoms with Crippen molar-refractivity contribution in [3.63, 3.8) is 0 Å². The lowest BCUT2D eigenvalue weighted by molar-refractivity contribution is 0.295. The van der Waals surface area contributed by atoms with E-state index in [0.717, 1.165) is 17.3 Å². The topological polar surface area (TPSA) is 82.2 Å². The quantitative estimate of drug-likeness (QED) is 0.805. The SMILES string of the molecule is CCCO.CCS(=O)(=O)Nc1ccc2[nH]ccc2c1. The predicted octanol–water partition coefficient (Wildman–Crippen LogP) is 2.32. The highest BCUT2D eigenvalue weighted by Crippen LogP contribution is 2.18. The van der Waals surface area contributed by atoms with Gasteiger partial charge in [0.1, 0.15) is 0 Å². The third-order valence-corrected chi connectivity index (χ3v) is 3.74. The number of anilines is 1. The number of hydrogen-bond acceptors (Lipinski definition) is 3. The number of aromatic amines is 1. The van der Waals surface area contributed by atoms with Crippen molar-refractivity contribution < 1.29 is 13.5 Å². The average molecular weight is 284 g/mol. The molecule has 0 atom stereocenters. The molecule has 0 spiro atoms. The molecule has 0 unspecified atom stereocenters. The Morgan fingerprint density at radius 1 is 1.26 bits per heavy atom. The predicted molar refractivity (Wildman–Crippen MR) is 78.8 cm³/mol. The monoisotopic (exact) mass is 284 g/mol. The zero-order chi connectivity index (χ0) is 14.3. The number of benzene rings is 1. The van der Waals surface area contributed by atoms with Crippen LogP contribution in [0.3, 0.4) is 0 Å². The molecular weight excluding hydrogens is 264 g/mol. The Morgan fingerprint density at radius 3 is 2.53 bits per heavy atom. The maximum absolute atomic E-state index is 11.3. The molecule has 0 aliphatic rings. The van der Waals surface area contributed by atoms with Crippen molar-refractivity contribution in [2.24, 2.45) is 0 Å². The highest BCUT2D eigenvalue weighted by atomic mass is 32.2. The van der Waals surface area contributed by atoms with E-state index in [4.69, 9.17) is 5.11 Å².